The van der Waals surface area contributed by atoms with E-state index < -0.39 is 11.9 Å². The lowest BCUT2D eigenvalue weighted by molar-refractivity contribution is -0.116. The van der Waals surface area contributed by atoms with Gasteiger partial charge in [-0.15, -0.1) is 0 Å². The summed E-state index contributed by atoms with van der Waals surface area (Å²) in [6.45, 7) is 4.59. The van der Waals surface area contributed by atoms with E-state index in [1.807, 2.05) is 6.92 Å². The Morgan fingerprint density at radius 1 is 1.47 bits per heavy atom. The molecule has 2 N–H and O–H groups in total. The monoisotopic (exact) mass is 269 g/mol. The molecule has 1 heterocycles. The third-order valence-corrected chi connectivity index (χ3v) is 2.38. The highest BCUT2D eigenvalue weighted by Gasteiger charge is 2.18. The first kappa shape index (κ1) is 15.0. The van der Waals surface area contributed by atoms with Crippen LogP contribution in [0.1, 0.15) is 37.2 Å². The molecule has 19 heavy (non-hydrogen) atoms. The maximum atomic E-state index is 11.5. The number of anilines is 1. The van der Waals surface area contributed by atoms with Crippen LogP contribution in [0.15, 0.2) is 10.7 Å². The van der Waals surface area contributed by atoms with Gasteiger partial charge in [0.2, 0.25) is 5.91 Å². The number of ether oxygens (including phenoxy) is 1. The number of aromatic nitrogens is 1. The van der Waals surface area contributed by atoms with Gasteiger partial charge in [-0.2, -0.15) is 4.98 Å². The van der Waals surface area contributed by atoms with Gasteiger partial charge >= 0.3 is 5.97 Å². The van der Waals surface area contributed by atoms with Gasteiger partial charge in [-0.1, -0.05) is 13.3 Å². The summed E-state index contributed by atoms with van der Waals surface area (Å²) < 4.78 is 10.0. The minimum atomic E-state index is -0.549. The van der Waals surface area contributed by atoms with Crippen molar-refractivity contribution < 1.29 is 18.7 Å². The van der Waals surface area contributed by atoms with E-state index in [0.717, 1.165) is 12.8 Å². The Hall–Kier alpha value is -2.05. The second-order valence-electron chi connectivity index (χ2n) is 3.98. The molecule has 7 heteroatoms. The van der Waals surface area contributed by atoms with Crippen LogP contribution in [0.4, 0.5) is 6.01 Å². The van der Waals surface area contributed by atoms with E-state index in [2.05, 4.69) is 4.98 Å². The fourth-order valence-electron chi connectivity index (χ4n) is 1.49. The van der Waals surface area contributed by atoms with Crippen molar-refractivity contribution >= 4 is 17.9 Å². The molecule has 1 rings (SSSR count). The van der Waals surface area contributed by atoms with Crippen LogP contribution in [0, 0.1) is 0 Å². The Bertz CT molecular complexity index is 430. The molecule has 0 fully saturated rings. The number of carbonyl (C=O) groups is 2. The van der Waals surface area contributed by atoms with Gasteiger partial charge < -0.3 is 19.8 Å². The van der Waals surface area contributed by atoms with Gasteiger partial charge in [-0.3, -0.25) is 4.79 Å². The number of esters is 1. The fraction of sp³-hybridized carbons (Fsp3) is 0.583. The van der Waals surface area contributed by atoms with Crippen molar-refractivity contribution in [3.63, 3.8) is 0 Å². The minimum absolute atomic E-state index is 0.00276. The van der Waals surface area contributed by atoms with Gasteiger partial charge in [0.1, 0.15) is 12.8 Å². The Morgan fingerprint density at radius 2 is 2.21 bits per heavy atom. The molecular formula is C12H19N3O4. The molecule has 0 unspecified atom stereocenters. The van der Waals surface area contributed by atoms with Crippen LogP contribution >= 0.6 is 0 Å². The van der Waals surface area contributed by atoms with E-state index in [0.29, 0.717) is 6.54 Å². The van der Waals surface area contributed by atoms with Gasteiger partial charge in [0.25, 0.3) is 6.01 Å². The van der Waals surface area contributed by atoms with Gasteiger partial charge in [0.15, 0.2) is 5.69 Å². The summed E-state index contributed by atoms with van der Waals surface area (Å²) in [6.07, 6.45) is 3.04. The van der Waals surface area contributed by atoms with E-state index in [1.54, 1.807) is 11.8 Å². The van der Waals surface area contributed by atoms with Crippen LogP contribution < -0.4 is 10.6 Å². The third-order valence-electron chi connectivity index (χ3n) is 2.38. The Kier molecular flexibility index (Phi) is 5.84. The predicted molar refractivity (Wildman–Crippen MR) is 68.8 cm³/mol. The molecule has 0 bridgehead atoms. The van der Waals surface area contributed by atoms with E-state index in [4.69, 9.17) is 14.9 Å². The summed E-state index contributed by atoms with van der Waals surface area (Å²) >= 11 is 0. The lowest BCUT2D eigenvalue weighted by atomic mass is 10.3. The topological polar surface area (TPSA) is 98.7 Å². The number of amides is 1. The molecule has 7 nitrogen and oxygen atoms in total. The molecule has 0 atom stereocenters. The van der Waals surface area contributed by atoms with E-state index in [1.165, 1.54) is 6.26 Å². The molecule has 0 spiro atoms. The molecule has 0 aliphatic rings. The van der Waals surface area contributed by atoms with Crippen LogP contribution in [0.3, 0.4) is 0 Å². The van der Waals surface area contributed by atoms with Gasteiger partial charge in [0, 0.05) is 6.54 Å². The fourth-order valence-corrected chi connectivity index (χ4v) is 1.49. The van der Waals surface area contributed by atoms with E-state index >= 15 is 0 Å². The zero-order valence-corrected chi connectivity index (χ0v) is 11.2. The minimum Gasteiger partial charge on any atom is -0.461 e. The third kappa shape index (κ3) is 4.61. The molecule has 1 amide bonds. The predicted octanol–water partition coefficient (Wildman–Crippen LogP) is 0.943. The Labute approximate surface area is 111 Å². The number of rotatable bonds is 8. The number of nitrogens with zero attached hydrogens (tertiary/aromatic N) is 2. The number of nitrogens with two attached hydrogens (primary N) is 1. The lowest BCUT2D eigenvalue weighted by Gasteiger charge is -2.17. The number of oxazole rings is 1. The highest BCUT2D eigenvalue weighted by molar-refractivity contribution is 5.87. The molecule has 0 aliphatic heterocycles. The summed E-state index contributed by atoms with van der Waals surface area (Å²) in [5.74, 6) is -1.03. The summed E-state index contributed by atoms with van der Waals surface area (Å²) in [7, 11) is 0. The Morgan fingerprint density at radius 3 is 2.79 bits per heavy atom. The normalized spacial score (nSPS) is 10.2. The van der Waals surface area contributed by atoms with Crippen LogP contribution in [-0.2, 0) is 9.53 Å². The quantitative estimate of drug-likeness (QED) is 0.705. The molecule has 106 valence electrons. The average molecular weight is 269 g/mol. The zero-order valence-electron chi connectivity index (χ0n) is 11.2. The van der Waals surface area contributed by atoms with Crippen molar-refractivity contribution in [3.8, 4) is 0 Å². The zero-order chi connectivity index (χ0) is 14.3. The number of primary amides is 1. The first-order valence-corrected chi connectivity index (χ1v) is 6.24. The van der Waals surface area contributed by atoms with Gasteiger partial charge in [-0.25, -0.2) is 4.79 Å². The van der Waals surface area contributed by atoms with Crippen molar-refractivity contribution in [3.05, 3.63) is 12.0 Å². The highest BCUT2D eigenvalue weighted by atomic mass is 16.5. The highest BCUT2D eigenvalue weighted by Crippen LogP contribution is 2.15. The maximum absolute atomic E-state index is 11.5. The maximum Gasteiger partial charge on any atom is 0.360 e. The molecule has 0 aliphatic carbocycles. The second kappa shape index (κ2) is 7.40. The first-order chi connectivity index (χ1) is 9.08. The molecule has 1 aromatic rings. The van der Waals surface area contributed by atoms with Crippen molar-refractivity contribution in [2.75, 3.05) is 24.6 Å². The van der Waals surface area contributed by atoms with Gasteiger partial charge in [-0.05, 0) is 13.3 Å². The standard InChI is InChI=1S/C12H19N3O4/c1-3-5-6-15(7-10(13)16)12-14-9(8-19-12)11(17)18-4-2/h8H,3-7H2,1-2H3,(H2,13,16). The van der Waals surface area contributed by atoms with Crippen LogP contribution in [-0.4, -0.2) is 36.6 Å². The number of carbonyl (C=O) groups excluding carboxylic acids is 2. The first-order valence-electron chi connectivity index (χ1n) is 6.24. The largest absolute Gasteiger partial charge is 0.461 e. The molecule has 0 aromatic carbocycles. The lowest BCUT2D eigenvalue weighted by Crippen LogP contribution is -2.34. The summed E-state index contributed by atoms with van der Waals surface area (Å²) in [5.41, 5.74) is 5.26. The second-order valence-corrected chi connectivity index (χ2v) is 3.98. The van der Waals surface area contributed by atoms with Crippen molar-refractivity contribution in [2.45, 2.75) is 26.7 Å². The molecular weight excluding hydrogens is 250 g/mol. The summed E-state index contributed by atoms with van der Waals surface area (Å²) in [5, 5.41) is 0. The number of unbranched alkanes of at least 4 members (excludes halogenated alkanes) is 1. The molecule has 0 saturated carbocycles. The van der Waals surface area contributed by atoms with Crippen LogP contribution in [0.2, 0.25) is 0 Å². The van der Waals surface area contributed by atoms with Crippen molar-refractivity contribution in [1.82, 2.24) is 4.98 Å². The SMILES string of the molecule is CCCCN(CC(N)=O)c1nc(C(=O)OCC)co1. The average Bonchev–Trinajstić information content (AvgIpc) is 2.84. The van der Waals surface area contributed by atoms with Crippen molar-refractivity contribution in [2.24, 2.45) is 5.73 Å². The number of hydrogen-bond donors (Lipinski definition) is 1. The Balaban J connectivity index is 2.78. The molecule has 0 radical (unpaired) electrons. The molecule has 1 aromatic heterocycles. The van der Waals surface area contributed by atoms with E-state index in [-0.39, 0.29) is 24.9 Å². The van der Waals surface area contributed by atoms with Crippen LogP contribution in [0.5, 0.6) is 0 Å². The van der Waals surface area contributed by atoms with Crippen LogP contribution in [0.25, 0.3) is 0 Å². The smallest absolute Gasteiger partial charge is 0.360 e. The molecule has 0 saturated heterocycles. The summed E-state index contributed by atoms with van der Waals surface area (Å²) in [4.78, 5) is 28.1. The van der Waals surface area contributed by atoms with E-state index in [9.17, 15) is 9.59 Å². The van der Waals surface area contributed by atoms with Crippen molar-refractivity contribution in [1.29, 1.82) is 0 Å². The number of hydrogen-bond acceptors (Lipinski definition) is 6. The van der Waals surface area contributed by atoms with Gasteiger partial charge in [0.05, 0.1) is 6.61 Å². The summed E-state index contributed by atoms with van der Waals surface area (Å²) in [6, 6.07) is 0.204.